The Balaban J connectivity index is 1.58. The maximum Gasteiger partial charge on any atom is 0.290 e. The number of methoxy groups -OCH3 is 1. The van der Waals surface area contributed by atoms with E-state index in [0.29, 0.717) is 33.9 Å². The summed E-state index contributed by atoms with van der Waals surface area (Å²) in [5.41, 5.74) is 1.05. The number of benzene rings is 2. The number of hydrogen-bond acceptors (Lipinski definition) is 6. The van der Waals surface area contributed by atoms with Gasteiger partial charge in [-0.2, -0.15) is 0 Å². The van der Waals surface area contributed by atoms with Gasteiger partial charge >= 0.3 is 0 Å². The van der Waals surface area contributed by atoms with Gasteiger partial charge in [-0.1, -0.05) is 35.9 Å². The number of aliphatic hydroxyl groups is 1. The summed E-state index contributed by atoms with van der Waals surface area (Å²) in [6.07, 6.45) is 1.57. The molecule has 33 heavy (non-hydrogen) atoms. The van der Waals surface area contributed by atoms with Crippen LogP contribution in [-0.2, 0) is 9.53 Å². The second-order valence-electron chi connectivity index (χ2n) is 8.13. The van der Waals surface area contributed by atoms with E-state index >= 15 is 0 Å². The molecule has 0 aliphatic carbocycles. The Morgan fingerprint density at radius 1 is 1.24 bits per heavy atom. The van der Waals surface area contributed by atoms with E-state index in [2.05, 4.69) is 0 Å². The maximum atomic E-state index is 13.6. The monoisotopic (exact) mass is 467 g/mol. The quantitative estimate of drug-likeness (QED) is 0.521. The Hall–Kier alpha value is -3.29. The Labute approximate surface area is 195 Å². The van der Waals surface area contributed by atoms with E-state index in [1.54, 1.807) is 48.5 Å². The number of para-hydroxylation sites is 1. The number of ether oxygens (including phenoxy) is 2. The number of carbonyl (C=O) groups excluding carboxylic acids is 2. The Morgan fingerprint density at radius 2 is 2.03 bits per heavy atom. The van der Waals surface area contributed by atoms with Crippen LogP contribution in [0, 0.1) is 0 Å². The molecule has 2 aliphatic heterocycles. The number of carbonyl (C=O) groups is 2. The Morgan fingerprint density at radius 3 is 2.73 bits per heavy atom. The highest BCUT2D eigenvalue weighted by molar-refractivity contribution is 6.30. The van der Waals surface area contributed by atoms with Crippen LogP contribution in [0.25, 0.3) is 11.0 Å². The third-order valence-corrected chi connectivity index (χ3v) is 6.36. The number of rotatable bonds is 6. The van der Waals surface area contributed by atoms with Gasteiger partial charge in [0.1, 0.15) is 0 Å². The number of nitrogens with zero attached hydrogens (tertiary/aromatic N) is 1. The normalized spacial score (nSPS) is 20.8. The molecule has 1 amide bonds. The molecular formula is C25H22ClNO6. The van der Waals surface area contributed by atoms with E-state index < -0.39 is 23.5 Å². The lowest BCUT2D eigenvalue weighted by Gasteiger charge is -2.28. The SMILES string of the molecule is COc1cccc2cc(C(=O)C3=C(O)C(=O)N(CC4CCCO4)C3c3ccc(Cl)cc3)oc12. The van der Waals surface area contributed by atoms with Crippen LogP contribution in [0.1, 0.15) is 35.0 Å². The number of fused-ring (bicyclic) bond motifs is 1. The number of halogens is 1. The molecule has 2 aromatic carbocycles. The Kier molecular flexibility index (Phi) is 5.60. The lowest BCUT2D eigenvalue weighted by Crippen LogP contribution is -2.37. The zero-order valence-electron chi connectivity index (χ0n) is 17.9. The third-order valence-electron chi connectivity index (χ3n) is 6.11. The first kappa shape index (κ1) is 21.6. The molecule has 1 aromatic heterocycles. The van der Waals surface area contributed by atoms with E-state index in [4.69, 9.17) is 25.5 Å². The highest BCUT2D eigenvalue weighted by Crippen LogP contribution is 2.41. The van der Waals surface area contributed by atoms with Crippen LogP contribution < -0.4 is 4.74 Å². The van der Waals surface area contributed by atoms with Crippen molar-refractivity contribution in [3.8, 4) is 5.75 Å². The Bertz CT molecular complexity index is 1260. The largest absolute Gasteiger partial charge is 0.503 e. The molecule has 0 saturated carbocycles. The van der Waals surface area contributed by atoms with Gasteiger partial charge in [-0.25, -0.2) is 0 Å². The van der Waals surface area contributed by atoms with Crippen molar-refractivity contribution in [1.82, 2.24) is 4.90 Å². The molecule has 7 nitrogen and oxygen atoms in total. The van der Waals surface area contributed by atoms with Crippen molar-refractivity contribution < 1.29 is 28.6 Å². The van der Waals surface area contributed by atoms with Gasteiger partial charge in [-0.15, -0.1) is 0 Å². The fraction of sp³-hybridized carbons (Fsp3) is 0.280. The van der Waals surface area contributed by atoms with Gasteiger partial charge in [-0.05, 0) is 42.7 Å². The summed E-state index contributed by atoms with van der Waals surface area (Å²) >= 11 is 6.06. The van der Waals surface area contributed by atoms with Crippen LogP contribution in [-0.4, -0.2) is 48.1 Å². The van der Waals surface area contributed by atoms with E-state index in [0.717, 1.165) is 12.8 Å². The highest BCUT2D eigenvalue weighted by Gasteiger charge is 2.45. The molecule has 8 heteroatoms. The summed E-state index contributed by atoms with van der Waals surface area (Å²) in [5.74, 6) is -1.25. The van der Waals surface area contributed by atoms with E-state index in [9.17, 15) is 14.7 Å². The molecular weight excluding hydrogens is 446 g/mol. The minimum Gasteiger partial charge on any atom is -0.503 e. The van der Waals surface area contributed by atoms with E-state index in [-0.39, 0.29) is 24.0 Å². The van der Waals surface area contributed by atoms with Crippen molar-refractivity contribution in [1.29, 1.82) is 0 Å². The second kappa shape index (κ2) is 8.57. The lowest BCUT2D eigenvalue weighted by molar-refractivity contribution is -0.131. The van der Waals surface area contributed by atoms with Gasteiger partial charge in [0.05, 0.1) is 24.8 Å². The number of amides is 1. The first-order chi connectivity index (χ1) is 16.0. The minimum atomic E-state index is -0.790. The molecule has 1 fully saturated rings. The van der Waals surface area contributed by atoms with Gasteiger partial charge in [0.15, 0.2) is 22.9 Å². The van der Waals surface area contributed by atoms with E-state index in [1.807, 2.05) is 0 Å². The molecule has 2 atom stereocenters. The highest BCUT2D eigenvalue weighted by atomic mass is 35.5. The van der Waals surface area contributed by atoms with E-state index in [1.165, 1.54) is 12.0 Å². The molecule has 0 radical (unpaired) electrons. The van der Waals surface area contributed by atoms with Crippen molar-refractivity contribution in [2.75, 3.05) is 20.3 Å². The predicted molar refractivity (Wildman–Crippen MR) is 122 cm³/mol. The average Bonchev–Trinajstić information content (AvgIpc) is 3.54. The fourth-order valence-corrected chi connectivity index (χ4v) is 4.64. The summed E-state index contributed by atoms with van der Waals surface area (Å²) in [7, 11) is 1.52. The van der Waals surface area contributed by atoms with Crippen molar-refractivity contribution in [3.63, 3.8) is 0 Å². The smallest absolute Gasteiger partial charge is 0.290 e. The summed E-state index contributed by atoms with van der Waals surface area (Å²) in [6, 6.07) is 13.0. The topological polar surface area (TPSA) is 89.2 Å². The second-order valence-corrected chi connectivity index (χ2v) is 8.56. The molecule has 3 aromatic rings. The van der Waals surface area contributed by atoms with Crippen molar-refractivity contribution in [2.45, 2.75) is 25.0 Å². The first-order valence-corrected chi connectivity index (χ1v) is 11.1. The number of aliphatic hydroxyl groups excluding tert-OH is 1. The minimum absolute atomic E-state index is 0.0155. The molecule has 2 unspecified atom stereocenters. The average molecular weight is 468 g/mol. The molecule has 2 aliphatic rings. The number of furan rings is 1. The molecule has 1 N–H and O–H groups in total. The molecule has 170 valence electrons. The van der Waals surface area contributed by atoms with Gasteiger partial charge < -0.3 is 23.9 Å². The molecule has 0 bridgehead atoms. The first-order valence-electron chi connectivity index (χ1n) is 10.7. The predicted octanol–water partition coefficient (Wildman–Crippen LogP) is 4.85. The van der Waals surface area contributed by atoms with Gasteiger partial charge in [0.2, 0.25) is 5.78 Å². The lowest BCUT2D eigenvalue weighted by atomic mass is 9.95. The van der Waals surface area contributed by atoms with Crippen LogP contribution in [0.15, 0.2) is 64.3 Å². The maximum absolute atomic E-state index is 13.6. The molecule has 5 rings (SSSR count). The van der Waals surface area contributed by atoms with Crippen LogP contribution in [0.5, 0.6) is 5.75 Å². The van der Waals surface area contributed by atoms with Gasteiger partial charge in [0.25, 0.3) is 5.91 Å². The number of ketones is 1. The van der Waals surface area contributed by atoms with Crippen LogP contribution >= 0.6 is 11.6 Å². The summed E-state index contributed by atoms with van der Waals surface area (Å²) in [4.78, 5) is 28.2. The third kappa shape index (κ3) is 3.77. The van der Waals surface area contributed by atoms with Crippen molar-refractivity contribution >= 4 is 34.3 Å². The van der Waals surface area contributed by atoms with Gasteiger partial charge in [0, 0.05) is 23.6 Å². The van der Waals surface area contributed by atoms with Crippen molar-refractivity contribution in [3.05, 3.63) is 76.2 Å². The van der Waals surface area contributed by atoms with Crippen molar-refractivity contribution in [2.24, 2.45) is 0 Å². The summed E-state index contributed by atoms with van der Waals surface area (Å²) < 4.78 is 16.9. The number of Topliss-reactive ketones (excluding diaryl/α,β-unsaturated/α-hetero) is 1. The van der Waals surface area contributed by atoms with Crippen LogP contribution in [0.2, 0.25) is 5.02 Å². The summed E-state index contributed by atoms with van der Waals surface area (Å²) in [6.45, 7) is 0.894. The standard InChI is InChI=1S/C25H22ClNO6/c1-31-18-6-2-4-15-12-19(33-24(15)18)22(28)20-21(14-7-9-16(26)10-8-14)27(25(30)23(20)29)13-17-5-3-11-32-17/h2,4,6-10,12,17,21,29H,3,5,11,13H2,1H3. The van der Waals surface area contributed by atoms with Crippen LogP contribution in [0.4, 0.5) is 0 Å². The van der Waals surface area contributed by atoms with Crippen LogP contribution in [0.3, 0.4) is 0 Å². The molecule has 0 spiro atoms. The molecule has 1 saturated heterocycles. The molecule has 3 heterocycles. The van der Waals surface area contributed by atoms with Gasteiger partial charge in [-0.3, -0.25) is 9.59 Å². The summed E-state index contributed by atoms with van der Waals surface area (Å²) in [5, 5.41) is 12.0. The fourth-order valence-electron chi connectivity index (χ4n) is 4.51. The zero-order chi connectivity index (χ0) is 23.1. The number of hydrogen-bond donors (Lipinski definition) is 1. The zero-order valence-corrected chi connectivity index (χ0v) is 18.7.